The molecule has 0 spiro atoms. The lowest BCUT2D eigenvalue weighted by atomic mass is 10.1. The van der Waals surface area contributed by atoms with Gasteiger partial charge in [-0.25, -0.2) is 4.98 Å². The molecule has 1 aromatic heterocycles. The van der Waals surface area contributed by atoms with Crippen LogP contribution in [0.4, 0.5) is 0 Å². The van der Waals surface area contributed by atoms with Crippen molar-refractivity contribution in [2.45, 2.75) is 45.3 Å². The molecule has 3 nitrogen and oxygen atoms in total. The number of para-hydroxylation sites is 2. The van der Waals surface area contributed by atoms with E-state index < -0.39 is 0 Å². The largest absolute Gasteiger partial charge is 0.389 e. The lowest BCUT2D eigenvalue weighted by molar-refractivity contribution is 0.223. The van der Waals surface area contributed by atoms with Crippen LogP contribution in [0, 0.1) is 0 Å². The van der Waals surface area contributed by atoms with Gasteiger partial charge in [-0.2, -0.15) is 0 Å². The van der Waals surface area contributed by atoms with Crippen LogP contribution in [0.15, 0.2) is 35.9 Å². The van der Waals surface area contributed by atoms with E-state index in [1.54, 1.807) is 0 Å². The van der Waals surface area contributed by atoms with E-state index in [0.29, 0.717) is 0 Å². The molecule has 1 unspecified atom stereocenters. The van der Waals surface area contributed by atoms with Crippen molar-refractivity contribution in [3.63, 3.8) is 0 Å². The van der Waals surface area contributed by atoms with E-state index in [0.717, 1.165) is 43.6 Å². The molecule has 3 rings (SSSR count). The highest BCUT2D eigenvalue weighted by molar-refractivity contribution is 5.76. The number of rotatable bonds is 4. The Morgan fingerprint density at radius 2 is 2.21 bits per heavy atom. The summed E-state index contributed by atoms with van der Waals surface area (Å²) in [6, 6.07) is 8.31. The normalized spacial score (nSPS) is 19.1. The summed E-state index contributed by atoms with van der Waals surface area (Å²) >= 11 is 0. The molecule has 1 aliphatic carbocycles. The number of hydrogen-bond acceptors (Lipinski definition) is 2. The molecule has 100 valence electrons. The second-order valence-electron chi connectivity index (χ2n) is 5.28. The summed E-state index contributed by atoms with van der Waals surface area (Å²) in [7, 11) is 0. The molecule has 0 fully saturated rings. The van der Waals surface area contributed by atoms with Gasteiger partial charge < -0.3 is 9.67 Å². The Labute approximate surface area is 113 Å². The first kappa shape index (κ1) is 12.4. The third kappa shape index (κ3) is 2.43. The first-order valence-corrected chi connectivity index (χ1v) is 7.09. The zero-order chi connectivity index (χ0) is 13.2. The average Bonchev–Trinajstić information content (AvgIpc) is 2.96. The zero-order valence-corrected chi connectivity index (χ0v) is 11.3. The first-order chi connectivity index (χ1) is 9.28. The van der Waals surface area contributed by atoms with Gasteiger partial charge in [0.25, 0.3) is 0 Å². The van der Waals surface area contributed by atoms with Gasteiger partial charge in [0.1, 0.15) is 5.82 Å². The first-order valence-electron chi connectivity index (χ1n) is 7.09. The van der Waals surface area contributed by atoms with Gasteiger partial charge in [0, 0.05) is 13.0 Å². The predicted octanol–water partition coefficient (Wildman–Crippen LogP) is 3.07. The molecule has 2 aromatic rings. The molecule has 1 atom stereocenters. The van der Waals surface area contributed by atoms with Gasteiger partial charge in [0.15, 0.2) is 0 Å². The van der Waals surface area contributed by atoms with Gasteiger partial charge in [-0.15, -0.1) is 0 Å². The Morgan fingerprint density at radius 3 is 2.95 bits per heavy atom. The Balaban J connectivity index is 1.97. The van der Waals surface area contributed by atoms with Crippen LogP contribution >= 0.6 is 0 Å². The summed E-state index contributed by atoms with van der Waals surface area (Å²) in [6.45, 7) is 3.20. The number of aliphatic hydroxyl groups excluding tert-OH is 1. The zero-order valence-electron chi connectivity index (χ0n) is 11.3. The smallest absolute Gasteiger partial charge is 0.113 e. The molecule has 0 radical (unpaired) electrons. The number of nitrogens with zero attached hydrogens (tertiary/aromatic N) is 2. The van der Waals surface area contributed by atoms with Gasteiger partial charge in [-0.1, -0.05) is 30.7 Å². The minimum atomic E-state index is -0.251. The Kier molecular flexibility index (Phi) is 3.38. The summed E-state index contributed by atoms with van der Waals surface area (Å²) in [5, 5.41) is 9.59. The van der Waals surface area contributed by atoms with Crippen LogP contribution in [0.3, 0.4) is 0 Å². The quantitative estimate of drug-likeness (QED) is 0.854. The third-order valence-corrected chi connectivity index (χ3v) is 3.76. The second-order valence-corrected chi connectivity index (χ2v) is 5.28. The van der Waals surface area contributed by atoms with Crippen molar-refractivity contribution in [3.8, 4) is 0 Å². The summed E-state index contributed by atoms with van der Waals surface area (Å²) in [5.41, 5.74) is 3.61. The van der Waals surface area contributed by atoms with Crippen LogP contribution in [0.5, 0.6) is 0 Å². The van der Waals surface area contributed by atoms with E-state index in [2.05, 4.69) is 29.7 Å². The Morgan fingerprint density at radius 1 is 1.37 bits per heavy atom. The van der Waals surface area contributed by atoms with Crippen molar-refractivity contribution in [2.24, 2.45) is 0 Å². The lowest BCUT2D eigenvalue weighted by Crippen LogP contribution is -2.04. The minimum absolute atomic E-state index is 0.251. The van der Waals surface area contributed by atoms with E-state index in [1.807, 2.05) is 12.1 Å². The van der Waals surface area contributed by atoms with Crippen molar-refractivity contribution in [2.75, 3.05) is 0 Å². The van der Waals surface area contributed by atoms with Gasteiger partial charge in [-0.05, 0) is 31.4 Å². The monoisotopic (exact) mass is 256 g/mol. The number of imidazole rings is 1. The van der Waals surface area contributed by atoms with Crippen molar-refractivity contribution in [1.82, 2.24) is 9.55 Å². The molecule has 0 saturated heterocycles. The molecular formula is C16H20N2O. The topological polar surface area (TPSA) is 38.0 Å². The fraction of sp³-hybridized carbons (Fsp3) is 0.438. The molecule has 19 heavy (non-hydrogen) atoms. The van der Waals surface area contributed by atoms with E-state index in [4.69, 9.17) is 4.98 Å². The van der Waals surface area contributed by atoms with Crippen LogP contribution < -0.4 is 0 Å². The number of hydrogen-bond donors (Lipinski definition) is 1. The van der Waals surface area contributed by atoms with Crippen molar-refractivity contribution in [3.05, 3.63) is 41.7 Å². The molecule has 0 saturated carbocycles. The van der Waals surface area contributed by atoms with E-state index in [-0.39, 0.29) is 6.10 Å². The maximum absolute atomic E-state index is 9.59. The van der Waals surface area contributed by atoms with Crippen LogP contribution in [-0.4, -0.2) is 20.8 Å². The van der Waals surface area contributed by atoms with E-state index in [9.17, 15) is 5.11 Å². The van der Waals surface area contributed by atoms with Gasteiger partial charge >= 0.3 is 0 Å². The lowest BCUT2D eigenvalue weighted by Gasteiger charge is -2.08. The highest BCUT2D eigenvalue weighted by atomic mass is 16.3. The van der Waals surface area contributed by atoms with Crippen molar-refractivity contribution < 1.29 is 5.11 Å². The molecule has 1 N–H and O–H groups in total. The molecule has 0 bridgehead atoms. The maximum Gasteiger partial charge on any atom is 0.113 e. The van der Waals surface area contributed by atoms with Crippen LogP contribution in [0.1, 0.15) is 32.0 Å². The summed E-state index contributed by atoms with van der Waals surface area (Å²) in [4.78, 5) is 4.76. The number of benzene rings is 1. The average molecular weight is 256 g/mol. The summed E-state index contributed by atoms with van der Waals surface area (Å²) in [5.74, 6) is 1.13. The Hall–Kier alpha value is -1.61. The number of allylic oxidation sites excluding steroid dienone is 1. The molecule has 1 aliphatic rings. The molecule has 1 aromatic carbocycles. The molecular weight excluding hydrogens is 236 g/mol. The van der Waals surface area contributed by atoms with Crippen molar-refractivity contribution in [1.29, 1.82) is 0 Å². The van der Waals surface area contributed by atoms with Crippen LogP contribution in [0.2, 0.25) is 0 Å². The van der Waals surface area contributed by atoms with Gasteiger partial charge in [-0.3, -0.25) is 0 Å². The van der Waals surface area contributed by atoms with Crippen molar-refractivity contribution >= 4 is 11.0 Å². The number of aromatic nitrogens is 2. The molecule has 0 amide bonds. The van der Waals surface area contributed by atoms with Gasteiger partial charge in [0.05, 0.1) is 17.1 Å². The SMILES string of the molecule is CCCn1c(CC2=CC(O)CC2)nc2ccccc21. The molecule has 1 heterocycles. The minimum Gasteiger partial charge on any atom is -0.389 e. The van der Waals surface area contributed by atoms with Gasteiger partial charge in [0.2, 0.25) is 0 Å². The number of aliphatic hydroxyl groups is 1. The highest BCUT2D eigenvalue weighted by Crippen LogP contribution is 2.24. The van der Waals surface area contributed by atoms with E-state index >= 15 is 0 Å². The maximum atomic E-state index is 9.59. The molecule has 0 aliphatic heterocycles. The van der Waals surface area contributed by atoms with E-state index in [1.165, 1.54) is 11.1 Å². The fourth-order valence-corrected chi connectivity index (χ4v) is 2.86. The second kappa shape index (κ2) is 5.17. The standard InChI is InChI=1S/C16H20N2O/c1-2-9-18-15-6-4-3-5-14(15)17-16(18)11-12-7-8-13(19)10-12/h3-6,10,13,19H,2,7-9,11H2,1H3. The number of aryl methyl sites for hydroxylation is 1. The third-order valence-electron chi connectivity index (χ3n) is 3.76. The fourth-order valence-electron chi connectivity index (χ4n) is 2.86. The van der Waals surface area contributed by atoms with Crippen LogP contribution in [-0.2, 0) is 13.0 Å². The Bertz CT molecular complexity index is 612. The van der Waals surface area contributed by atoms with Crippen LogP contribution in [0.25, 0.3) is 11.0 Å². The highest BCUT2D eigenvalue weighted by Gasteiger charge is 2.16. The predicted molar refractivity (Wildman–Crippen MR) is 77.1 cm³/mol. The summed E-state index contributed by atoms with van der Waals surface area (Å²) in [6.07, 6.45) is 5.58. The summed E-state index contributed by atoms with van der Waals surface area (Å²) < 4.78 is 2.32. The number of fused-ring (bicyclic) bond motifs is 1. The molecule has 3 heteroatoms.